The molecule has 3 aromatic carbocycles. The first-order valence-corrected chi connectivity index (χ1v) is 11.3. The molecule has 0 fully saturated rings. The van der Waals surface area contributed by atoms with Crippen LogP contribution in [0.1, 0.15) is 37.5 Å². The van der Waals surface area contributed by atoms with Gasteiger partial charge in [0, 0.05) is 28.5 Å². The van der Waals surface area contributed by atoms with Gasteiger partial charge < -0.3 is 4.42 Å². The normalized spacial score (nSPS) is 12.1. The summed E-state index contributed by atoms with van der Waals surface area (Å²) in [5.74, 6) is 0. The fraction of sp³-hybridized carbons (Fsp3) is 0.233. The van der Waals surface area contributed by atoms with Crippen LogP contribution in [-0.4, -0.2) is 0 Å². The van der Waals surface area contributed by atoms with E-state index in [1.807, 2.05) is 0 Å². The van der Waals surface area contributed by atoms with Crippen LogP contribution >= 0.6 is 0 Å². The summed E-state index contributed by atoms with van der Waals surface area (Å²) in [5, 5.41) is 2.34. The quantitative estimate of drug-likeness (QED) is 0.268. The molecule has 2 aromatic heterocycles. The van der Waals surface area contributed by atoms with Crippen molar-refractivity contribution in [2.24, 2.45) is 7.05 Å². The topological polar surface area (TPSA) is 17.0 Å². The highest BCUT2D eigenvalue weighted by Gasteiger charge is 2.22. The van der Waals surface area contributed by atoms with Gasteiger partial charge in [0.1, 0.15) is 18.2 Å². The van der Waals surface area contributed by atoms with Crippen LogP contribution in [0.15, 0.2) is 77.3 Å². The molecule has 0 unspecified atom stereocenters. The molecule has 0 N–H and O–H groups in total. The molecule has 0 spiro atoms. The van der Waals surface area contributed by atoms with E-state index in [0.717, 1.165) is 28.0 Å². The zero-order valence-corrected chi connectivity index (χ0v) is 19.8. The van der Waals surface area contributed by atoms with E-state index in [9.17, 15) is 0 Å². The lowest BCUT2D eigenvalue weighted by atomic mass is 9.86. The van der Waals surface area contributed by atoms with E-state index in [0.29, 0.717) is 0 Å². The van der Waals surface area contributed by atoms with E-state index >= 15 is 0 Å². The maximum Gasteiger partial charge on any atom is 0.216 e. The van der Waals surface area contributed by atoms with Gasteiger partial charge in [0.25, 0.3) is 0 Å². The van der Waals surface area contributed by atoms with Crippen molar-refractivity contribution in [3.8, 4) is 22.4 Å². The molecule has 0 amide bonds. The molecule has 2 heteroatoms. The van der Waals surface area contributed by atoms with E-state index in [2.05, 4.69) is 119 Å². The summed E-state index contributed by atoms with van der Waals surface area (Å²) in [6.07, 6.45) is 2.09. The number of rotatable bonds is 2. The highest BCUT2D eigenvalue weighted by Crippen LogP contribution is 2.41. The Morgan fingerprint density at radius 3 is 2.22 bits per heavy atom. The van der Waals surface area contributed by atoms with Crippen LogP contribution in [0.2, 0.25) is 0 Å². The van der Waals surface area contributed by atoms with Gasteiger partial charge in [0.05, 0.1) is 5.56 Å². The highest BCUT2D eigenvalue weighted by atomic mass is 16.3. The molecule has 160 valence electrons. The molecule has 0 bridgehead atoms. The predicted molar refractivity (Wildman–Crippen MR) is 134 cm³/mol. The molecule has 0 saturated carbocycles. The van der Waals surface area contributed by atoms with E-state index in [4.69, 9.17) is 4.42 Å². The second-order valence-electron chi connectivity index (χ2n) is 9.95. The van der Waals surface area contributed by atoms with Crippen LogP contribution in [-0.2, 0) is 12.5 Å². The predicted octanol–water partition coefficient (Wildman–Crippen LogP) is 7.66. The molecule has 5 rings (SSSR count). The fourth-order valence-electron chi connectivity index (χ4n) is 4.65. The minimum absolute atomic E-state index is 0.136. The third-order valence-electron chi connectivity index (χ3n) is 6.47. The molecule has 32 heavy (non-hydrogen) atoms. The summed E-state index contributed by atoms with van der Waals surface area (Å²) >= 11 is 0. The molecule has 2 heterocycles. The average Bonchev–Trinajstić information content (AvgIpc) is 3.12. The van der Waals surface area contributed by atoms with Crippen molar-refractivity contribution in [3.05, 3.63) is 89.6 Å². The summed E-state index contributed by atoms with van der Waals surface area (Å²) in [6.45, 7) is 11.1. The number of hydrogen-bond acceptors (Lipinski definition) is 1. The maximum absolute atomic E-state index is 6.70. The number of benzene rings is 3. The zero-order valence-electron chi connectivity index (χ0n) is 19.8. The highest BCUT2D eigenvalue weighted by molar-refractivity contribution is 6.13. The first-order chi connectivity index (χ1) is 15.2. The van der Waals surface area contributed by atoms with Gasteiger partial charge in [-0.1, -0.05) is 57.2 Å². The summed E-state index contributed by atoms with van der Waals surface area (Å²) in [5.41, 5.74) is 10.5. The average molecular weight is 421 g/mol. The molecule has 0 saturated heterocycles. The lowest BCUT2D eigenvalue weighted by Crippen LogP contribution is -2.30. The van der Waals surface area contributed by atoms with Gasteiger partial charge in [0.2, 0.25) is 5.69 Å². The van der Waals surface area contributed by atoms with Gasteiger partial charge in [-0.25, -0.2) is 4.57 Å². The van der Waals surface area contributed by atoms with Crippen LogP contribution in [0.4, 0.5) is 0 Å². The second-order valence-corrected chi connectivity index (χ2v) is 9.95. The monoisotopic (exact) mass is 420 g/mol. The molecule has 5 aromatic rings. The van der Waals surface area contributed by atoms with Gasteiger partial charge in [-0.2, -0.15) is 0 Å². The summed E-state index contributed by atoms with van der Waals surface area (Å²) < 4.78 is 8.86. The summed E-state index contributed by atoms with van der Waals surface area (Å²) in [6, 6.07) is 24.1. The van der Waals surface area contributed by atoms with Crippen molar-refractivity contribution in [1.82, 2.24) is 0 Å². The van der Waals surface area contributed by atoms with E-state index in [1.54, 1.807) is 0 Å². The largest absolute Gasteiger partial charge is 0.454 e. The van der Waals surface area contributed by atoms with Crippen molar-refractivity contribution in [3.63, 3.8) is 0 Å². The molecule has 2 nitrogen and oxygen atoms in total. The third-order valence-corrected chi connectivity index (χ3v) is 6.47. The Labute approximate surface area is 190 Å². The van der Waals surface area contributed by atoms with Crippen LogP contribution in [0.5, 0.6) is 0 Å². The van der Waals surface area contributed by atoms with E-state index < -0.39 is 0 Å². The smallest absolute Gasteiger partial charge is 0.216 e. The first-order valence-electron chi connectivity index (χ1n) is 11.3. The molecular weight excluding hydrogens is 390 g/mol. The molecular formula is C30H30NO+. The van der Waals surface area contributed by atoms with Crippen molar-refractivity contribution in [1.29, 1.82) is 0 Å². The Morgan fingerprint density at radius 1 is 0.781 bits per heavy atom. The zero-order chi connectivity index (χ0) is 22.6. The number of aryl methyl sites for hydroxylation is 3. The number of aromatic nitrogens is 1. The van der Waals surface area contributed by atoms with Gasteiger partial charge >= 0.3 is 0 Å². The lowest BCUT2D eigenvalue weighted by molar-refractivity contribution is -0.660. The molecule has 0 aliphatic heterocycles. The Morgan fingerprint density at radius 2 is 1.53 bits per heavy atom. The van der Waals surface area contributed by atoms with Gasteiger partial charge in [-0.05, 0) is 59.7 Å². The van der Waals surface area contributed by atoms with Gasteiger partial charge in [0.15, 0.2) is 6.20 Å². The minimum atomic E-state index is 0.136. The van der Waals surface area contributed by atoms with Crippen molar-refractivity contribution < 1.29 is 8.98 Å². The van der Waals surface area contributed by atoms with Crippen molar-refractivity contribution in [2.75, 3.05) is 0 Å². The molecule has 0 aliphatic rings. The van der Waals surface area contributed by atoms with Crippen LogP contribution in [0.3, 0.4) is 0 Å². The fourth-order valence-corrected chi connectivity index (χ4v) is 4.65. The standard InChI is InChI=1S/C30H30NO/c1-19-17-24(21-11-13-22(14-12-21)30(3,4)5)28-25(18-19)23-15-10-20(2)27(29(23)32-28)26-9-7-8-16-31(26)6/h7-18H,1-6H3/q+1. The third kappa shape index (κ3) is 3.31. The minimum Gasteiger partial charge on any atom is -0.454 e. The van der Waals surface area contributed by atoms with E-state index in [1.165, 1.54) is 33.0 Å². The van der Waals surface area contributed by atoms with Gasteiger partial charge in [-0.3, -0.25) is 0 Å². The maximum atomic E-state index is 6.70. The number of fused-ring (bicyclic) bond motifs is 3. The molecule has 0 atom stereocenters. The van der Waals surface area contributed by atoms with E-state index in [-0.39, 0.29) is 5.41 Å². The summed E-state index contributed by atoms with van der Waals surface area (Å²) in [4.78, 5) is 0. The summed E-state index contributed by atoms with van der Waals surface area (Å²) in [7, 11) is 2.09. The van der Waals surface area contributed by atoms with Crippen molar-refractivity contribution in [2.45, 2.75) is 40.0 Å². The Kier molecular flexibility index (Phi) is 4.70. The second kappa shape index (κ2) is 7.34. The Bertz CT molecular complexity index is 1460. The number of furan rings is 1. The van der Waals surface area contributed by atoms with Crippen molar-refractivity contribution >= 4 is 21.9 Å². The Hall–Kier alpha value is -3.39. The number of pyridine rings is 1. The SMILES string of the molecule is Cc1cc(-c2ccc(C(C)(C)C)cc2)c2oc3c(-c4cccc[n+]4C)c(C)ccc3c2c1. The first kappa shape index (κ1) is 20.5. The Balaban J connectivity index is 1.80. The molecule has 0 aliphatic carbocycles. The van der Waals surface area contributed by atoms with Crippen LogP contribution in [0.25, 0.3) is 44.3 Å². The van der Waals surface area contributed by atoms with Crippen LogP contribution in [0, 0.1) is 13.8 Å². The number of nitrogens with zero attached hydrogens (tertiary/aromatic N) is 1. The molecule has 0 radical (unpaired) electrons. The van der Waals surface area contributed by atoms with Gasteiger partial charge in [-0.15, -0.1) is 0 Å². The van der Waals surface area contributed by atoms with Crippen LogP contribution < -0.4 is 4.57 Å². The lowest BCUT2D eigenvalue weighted by Gasteiger charge is -2.19. The number of hydrogen-bond donors (Lipinski definition) is 0.